The lowest BCUT2D eigenvalue weighted by Gasteiger charge is -2.35. The molecule has 1 aromatic rings. The summed E-state index contributed by atoms with van der Waals surface area (Å²) in [6.45, 7) is 7.62. The fourth-order valence-corrected chi connectivity index (χ4v) is 2.30. The quantitative estimate of drug-likeness (QED) is 0.759. The van der Waals surface area contributed by atoms with Gasteiger partial charge in [-0.05, 0) is 12.5 Å². The summed E-state index contributed by atoms with van der Waals surface area (Å²) in [7, 11) is 3.06. The van der Waals surface area contributed by atoms with Crippen molar-refractivity contribution in [3.8, 4) is 12.0 Å². The van der Waals surface area contributed by atoms with E-state index in [0.29, 0.717) is 11.9 Å². The van der Waals surface area contributed by atoms with Crippen LogP contribution >= 0.6 is 0 Å². The zero-order valence-corrected chi connectivity index (χ0v) is 12.9. The van der Waals surface area contributed by atoms with Crippen LogP contribution < -0.4 is 20.1 Å². The Kier molecular flexibility index (Phi) is 5.51. The van der Waals surface area contributed by atoms with Gasteiger partial charge in [-0.15, -0.1) is 4.98 Å². The van der Waals surface area contributed by atoms with Crippen LogP contribution in [-0.2, 0) is 0 Å². The van der Waals surface area contributed by atoms with E-state index in [9.17, 15) is 0 Å². The van der Waals surface area contributed by atoms with Crippen LogP contribution in [-0.4, -0.2) is 73.3 Å². The van der Waals surface area contributed by atoms with Gasteiger partial charge in [0, 0.05) is 32.7 Å². The number of hydrogen-bond acceptors (Lipinski definition) is 8. The van der Waals surface area contributed by atoms with E-state index in [0.717, 1.165) is 39.3 Å². The van der Waals surface area contributed by atoms with E-state index in [-0.39, 0.29) is 12.0 Å². The fourth-order valence-electron chi connectivity index (χ4n) is 2.30. The van der Waals surface area contributed by atoms with Crippen LogP contribution in [0.1, 0.15) is 6.92 Å². The molecule has 2 heterocycles. The average molecular weight is 296 g/mol. The third kappa shape index (κ3) is 4.15. The summed E-state index contributed by atoms with van der Waals surface area (Å²) in [5.41, 5.74) is 5.68. The van der Waals surface area contributed by atoms with Gasteiger partial charge in [0.1, 0.15) is 0 Å². The predicted octanol–water partition coefficient (Wildman–Crippen LogP) is -0.394. The molecule has 21 heavy (non-hydrogen) atoms. The maximum atomic E-state index is 5.68. The minimum absolute atomic E-state index is 0.274. The highest BCUT2D eigenvalue weighted by atomic mass is 16.5. The molecule has 1 saturated heterocycles. The van der Waals surface area contributed by atoms with Gasteiger partial charge >= 0.3 is 12.0 Å². The first kappa shape index (κ1) is 15.7. The number of methoxy groups -OCH3 is 2. The number of hydrogen-bond donors (Lipinski definition) is 1. The zero-order chi connectivity index (χ0) is 15.2. The van der Waals surface area contributed by atoms with Crippen LogP contribution in [0.2, 0.25) is 0 Å². The fraction of sp³-hybridized carbons (Fsp3) is 0.769. The molecule has 1 aliphatic rings. The summed E-state index contributed by atoms with van der Waals surface area (Å²) in [6.07, 6.45) is 0. The second-order valence-electron chi connectivity index (χ2n) is 5.24. The van der Waals surface area contributed by atoms with Gasteiger partial charge in [-0.2, -0.15) is 9.97 Å². The third-order valence-corrected chi connectivity index (χ3v) is 3.58. The lowest BCUT2D eigenvalue weighted by Crippen LogP contribution is -2.48. The van der Waals surface area contributed by atoms with Crippen LogP contribution in [0.4, 0.5) is 5.95 Å². The van der Waals surface area contributed by atoms with Crippen LogP contribution in [0.25, 0.3) is 0 Å². The molecule has 0 saturated carbocycles. The highest BCUT2D eigenvalue weighted by Crippen LogP contribution is 2.17. The molecular formula is C13H24N6O2. The Labute approximate surface area is 125 Å². The lowest BCUT2D eigenvalue weighted by molar-refractivity contribution is 0.225. The minimum atomic E-state index is 0.274. The highest BCUT2D eigenvalue weighted by molar-refractivity contribution is 5.33. The normalized spacial score (nSPS) is 17.6. The first-order chi connectivity index (χ1) is 10.2. The summed E-state index contributed by atoms with van der Waals surface area (Å²) in [6, 6.07) is 0.548. The molecule has 0 aliphatic carbocycles. The van der Waals surface area contributed by atoms with Crippen molar-refractivity contribution in [3.05, 3.63) is 0 Å². The molecule has 2 N–H and O–H groups in total. The number of anilines is 1. The SMILES string of the molecule is COc1nc(OC)nc(N2CCN(CC(C)CN)CC2)n1. The molecule has 0 spiro atoms. The van der Waals surface area contributed by atoms with Crippen molar-refractivity contribution in [3.63, 3.8) is 0 Å². The average Bonchev–Trinajstić information content (AvgIpc) is 2.54. The Hall–Kier alpha value is -1.67. The first-order valence-corrected chi connectivity index (χ1v) is 7.17. The van der Waals surface area contributed by atoms with Crippen LogP contribution in [0.3, 0.4) is 0 Å². The second kappa shape index (κ2) is 7.37. The van der Waals surface area contributed by atoms with Gasteiger partial charge in [-0.1, -0.05) is 6.92 Å². The van der Waals surface area contributed by atoms with Gasteiger partial charge in [-0.25, -0.2) is 0 Å². The summed E-state index contributed by atoms with van der Waals surface area (Å²) >= 11 is 0. The summed E-state index contributed by atoms with van der Waals surface area (Å²) in [4.78, 5) is 17.1. The number of piperazine rings is 1. The monoisotopic (exact) mass is 296 g/mol. The molecule has 1 atom stereocenters. The summed E-state index contributed by atoms with van der Waals surface area (Å²) < 4.78 is 10.2. The molecule has 118 valence electrons. The molecule has 2 rings (SSSR count). The Morgan fingerprint density at radius 3 is 2.10 bits per heavy atom. The van der Waals surface area contributed by atoms with Crippen molar-refractivity contribution in [2.45, 2.75) is 6.92 Å². The van der Waals surface area contributed by atoms with Crippen LogP contribution in [0.5, 0.6) is 12.0 Å². The van der Waals surface area contributed by atoms with Crippen molar-refractivity contribution in [2.75, 3.05) is 58.4 Å². The number of nitrogens with two attached hydrogens (primary N) is 1. The topological polar surface area (TPSA) is 89.6 Å². The molecule has 0 bridgehead atoms. The van der Waals surface area contributed by atoms with Crippen molar-refractivity contribution >= 4 is 5.95 Å². The molecule has 0 radical (unpaired) electrons. The Balaban J connectivity index is 1.98. The molecule has 1 unspecified atom stereocenters. The van der Waals surface area contributed by atoms with Gasteiger partial charge < -0.3 is 20.1 Å². The maximum absolute atomic E-state index is 5.68. The Morgan fingerprint density at radius 2 is 1.62 bits per heavy atom. The zero-order valence-electron chi connectivity index (χ0n) is 12.9. The number of rotatable bonds is 6. The van der Waals surface area contributed by atoms with E-state index < -0.39 is 0 Å². The number of ether oxygens (including phenoxy) is 2. The lowest BCUT2D eigenvalue weighted by atomic mass is 10.1. The van der Waals surface area contributed by atoms with Gasteiger partial charge in [0.05, 0.1) is 14.2 Å². The molecule has 8 nitrogen and oxygen atoms in total. The molecule has 1 aliphatic heterocycles. The van der Waals surface area contributed by atoms with E-state index in [2.05, 4.69) is 31.7 Å². The van der Waals surface area contributed by atoms with E-state index in [4.69, 9.17) is 15.2 Å². The minimum Gasteiger partial charge on any atom is -0.467 e. The molecule has 0 aromatic carbocycles. The van der Waals surface area contributed by atoms with Crippen molar-refractivity contribution in [2.24, 2.45) is 11.7 Å². The third-order valence-electron chi connectivity index (χ3n) is 3.58. The first-order valence-electron chi connectivity index (χ1n) is 7.17. The van der Waals surface area contributed by atoms with Gasteiger partial charge in [0.15, 0.2) is 0 Å². The van der Waals surface area contributed by atoms with E-state index in [1.807, 2.05) is 0 Å². The van der Waals surface area contributed by atoms with Crippen molar-refractivity contribution in [1.29, 1.82) is 0 Å². The van der Waals surface area contributed by atoms with E-state index in [1.54, 1.807) is 0 Å². The van der Waals surface area contributed by atoms with Gasteiger partial charge in [0.2, 0.25) is 5.95 Å². The standard InChI is InChI=1S/C13H24N6O2/c1-10(8-14)9-18-4-6-19(7-5-18)11-15-12(20-2)17-13(16-11)21-3/h10H,4-9,14H2,1-3H3. The van der Waals surface area contributed by atoms with Gasteiger partial charge in [0.25, 0.3) is 0 Å². The second-order valence-corrected chi connectivity index (χ2v) is 5.24. The van der Waals surface area contributed by atoms with Gasteiger partial charge in [-0.3, -0.25) is 4.90 Å². The summed E-state index contributed by atoms with van der Waals surface area (Å²) in [5.74, 6) is 1.12. The Bertz CT molecular complexity index is 428. The molecule has 1 fully saturated rings. The molecule has 8 heteroatoms. The van der Waals surface area contributed by atoms with Crippen molar-refractivity contribution in [1.82, 2.24) is 19.9 Å². The molecule has 1 aromatic heterocycles. The van der Waals surface area contributed by atoms with E-state index in [1.165, 1.54) is 14.2 Å². The summed E-state index contributed by atoms with van der Waals surface area (Å²) in [5, 5.41) is 0. The van der Waals surface area contributed by atoms with Crippen LogP contribution in [0.15, 0.2) is 0 Å². The number of aromatic nitrogens is 3. The smallest absolute Gasteiger partial charge is 0.324 e. The number of nitrogens with zero attached hydrogens (tertiary/aromatic N) is 5. The predicted molar refractivity (Wildman–Crippen MR) is 79.8 cm³/mol. The largest absolute Gasteiger partial charge is 0.467 e. The van der Waals surface area contributed by atoms with Crippen LogP contribution in [0, 0.1) is 5.92 Å². The Morgan fingerprint density at radius 1 is 1.05 bits per heavy atom. The molecular weight excluding hydrogens is 272 g/mol. The molecule has 0 amide bonds. The highest BCUT2D eigenvalue weighted by Gasteiger charge is 2.21. The van der Waals surface area contributed by atoms with Crippen molar-refractivity contribution < 1.29 is 9.47 Å². The van der Waals surface area contributed by atoms with E-state index >= 15 is 0 Å². The maximum Gasteiger partial charge on any atom is 0.324 e.